The van der Waals surface area contributed by atoms with E-state index in [0.717, 1.165) is 5.56 Å². The summed E-state index contributed by atoms with van der Waals surface area (Å²) in [6.07, 6.45) is -0.610. The van der Waals surface area contributed by atoms with Crippen LogP contribution in [0.2, 0.25) is 5.02 Å². The summed E-state index contributed by atoms with van der Waals surface area (Å²) in [5, 5.41) is 12.8. The number of methoxy groups -OCH3 is 1. The molecule has 0 saturated heterocycles. The van der Waals surface area contributed by atoms with Gasteiger partial charge < -0.3 is 15.2 Å². The zero-order valence-corrected chi connectivity index (χ0v) is 12.8. The quantitative estimate of drug-likeness (QED) is 0.801. The second kappa shape index (κ2) is 8.21. The molecule has 6 heteroatoms. The summed E-state index contributed by atoms with van der Waals surface area (Å²) >= 11 is 6.05. The Morgan fingerprint density at radius 1 is 1.55 bits per heavy atom. The lowest BCUT2D eigenvalue weighted by Gasteiger charge is -2.19. The number of benzene rings is 1. The van der Waals surface area contributed by atoms with Crippen molar-refractivity contribution in [3.8, 4) is 0 Å². The summed E-state index contributed by atoms with van der Waals surface area (Å²) in [6, 6.07) is 5.45. The van der Waals surface area contributed by atoms with Crippen LogP contribution in [0.4, 0.5) is 5.69 Å². The lowest BCUT2D eigenvalue weighted by atomic mass is 10.2. The molecule has 2 N–H and O–H groups in total. The van der Waals surface area contributed by atoms with Crippen LogP contribution in [0.1, 0.15) is 5.56 Å². The van der Waals surface area contributed by atoms with E-state index >= 15 is 0 Å². The van der Waals surface area contributed by atoms with Crippen molar-refractivity contribution in [3.05, 3.63) is 28.8 Å². The summed E-state index contributed by atoms with van der Waals surface area (Å²) in [5.41, 5.74) is 1.63. The first-order chi connectivity index (χ1) is 9.42. The van der Waals surface area contributed by atoms with E-state index < -0.39 is 6.10 Å². The highest BCUT2D eigenvalue weighted by molar-refractivity contribution is 6.33. The maximum absolute atomic E-state index is 11.9. The first-order valence-corrected chi connectivity index (χ1v) is 6.71. The molecule has 1 rings (SSSR count). The molecular formula is C14H21ClN2O3. The number of carbonyl (C=O) groups excluding carboxylic acids is 1. The Morgan fingerprint density at radius 3 is 2.85 bits per heavy atom. The molecule has 112 valence electrons. The number of nitrogens with zero attached hydrogens (tertiary/aromatic N) is 1. The van der Waals surface area contributed by atoms with Crippen LogP contribution in [0.5, 0.6) is 0 Å². The van der Waals surface area contributed by atoms with E-state index in [1.54, 1.807) is 24.1 Å². The van der Waals surface area contributed by atoms with Crippen LogP contribution in [0, 0.1) is 6.92 Å². The number of anilines is 1. The maximum Gasteiger partial charge on any atom is 0.238 e. The molecule has 0 bridgehead atoms. The van der Waals surface area contributed by atoms with Crippen LogP contribution in [0.15, 0.2) is 18.2 Å². The molecule has 0 saturated carbocycles. The predicted octanol–water partition coefficient (Wildman–Crippen LogP) is 1.53. The average Bonchev–Trinajstić information content (AvgIpc) is 2.32. The number of aryl methyl sites for hydroxylation is 1. The van der Waals surface area contributed by atoms with E-state index in [1.165, 1.54) is 7.11 Å². The highest BCUT2D eigenvalue weighted by Gasteiger charge is 2.12. The van der Waals surface area contributed by atoms with E-state index in [4.69, 9.17) is 16.3 Å². The molecule has 5 nitrogen and oxygen atoms in total. The van der Waals surface area contributed by atoms with Gasteiger partial charge >= 0.3 is 0 Å². The van der Waals surface area contributed by atoms with E-state index in [2.05, 4.69) is 5.32 Å². The fraction of sp³-hybridized carbons (Fsp3) is 0.500. The molecule has 0 spiro atoms. The molecule has 1 atom stereocenters. The molecule has 0 aliphatic heterocycles. The third-order valence-corrected chi connectivity index (χ3v) is 3.01. The molecule has 1 aromatic rings. The largest absolute Gasteiger partial charge is 0.389 e. The first kappa shape index (κ1) is 16.9. The van der Waals surface area contributed by atoms with Gasteiger partial charge in [0.15, 0.2) is 0 Å². The molecule has 0 aliphatic carbocycles. The fourth-order valence-electron chi connectivity index (χ4n) is 1.83. The van der Waals surface area contributed by atoms with Crippen molar-refractivity contribution in [2.24, 2.45) is 0 Å². The molecule has 0 fully saturated rings. The average molecular weight is 301 g/mol. The summed E-state index contributed by atoms with van der Waals surface area (Å²) in [4.78, 5) is 13.6. The van der Waals surface area contributed by atoms with Crippen molar-refractivity contribution < 1.29 is 14.6 Å². The van der Waals surface area contributed by atoms with Crippen molar-refractivity contribution in [3.63, 3.8) is 0 Å². The van der Waals surface area contributed by atoms with Gasteiger partial charge in [-0.05, 0) is 31.7 Å². The molecule has 1 amide bonds. The Balaban J connectivity index is 2.46. The number of aliphatic hydroxyl groups excluding tert-OH is 1. The number of halogens is 1. The topological polar surface area (TPSA) is 61.8 Å². The van der Waals surface area contributed by atoms with E-state index in [1.807, 2.05) is 13.0 Å². The van der Waals surface area contributed by atoms with Crippen LogP contribution >= 0.6 is 11.6 Å². The Labute approximate surface area is 124 Å². The van der Waals surface area contributed by atoms with Crippen molar-refractivity contribution in [1.82, 2.24) is 4.90 Å². The second-order valence-electron chi connectivity index (χ2n) is 4.84. The summed E-state index contributed by atoms with van der Waals surface area (Å²) in [5.74, 6) is -0.178. The Kier molecular flexibility index (Phi) is 6.95. The van der Waals surface area contributed by atoms with Gasteiger partial charge in [0.25, 0.3) is 0 Å². The fourth-order valence-corrected chi connectivity index (χ4v) is 2.11. The highest BCUT2D eigenvalue weighted by Crippen LogP contribution is 2.22. The van der Waals surface area contributed by atoms with Gasteiger partial charge in [0.05, 0.1) is 30.0 Å². The lowest BCUT2D eigenvalue weighted by Crippen LogP contribution is -2.37. The van der Waals surface area contributed by atoms with Crippen LogP contribution in [-0.2, 0) is 9.53 Å². The standard InChI is InChI=1S/C14H21ClN2O3/c1-10-4-5-13(12(15)6-10)16-14(19)8-17(2)7-11(18)9-20-3/h4-6,11,18H,7-9H2,1-3H3,(H,16,19). The minimum absolute atomic E-state index is 0.172. The van der Waals surface area contributed by atoms with Crippen molar-refractivity contribution in [2.75, 3.05) is 39.2 Å². The van der Waals surface area contributed by atoms with Gasteiger partial charge in [0.1, 0.15) is 0 Å². The molecule has 1 unspecified atom stereocenters. The smallest absolute Gasteiger partial charge is 0.238 e. The highest BCUT2D eigenvalue weighted by atomic mass is 35.5. The monoisotopic (exact) mass is 300 g/mol. The van der Waals surface area contributed by atoms with Crippen molar-refractivity contribution in [1.29, 1.82) is 0 Å². The lowest BCUT2D eigenvalue weighted by molar-refractivity contribution is -0.117. The number of nitrogens with one attached hydrogen (secondary N) is 1. The third-order valence-electron chi connectivity index (χ3n) is 2.69. The second-order valence-corrected chi connectivity index (χ2v) is 5.24. The van der Waals surface area contributed by atoms with Crippen LogP contribution in [0.3, 0.4) is 0 Å². The maximum atomic E-state index is 11.9. The number of ether oxygens (including phenoxy) is 1. The van der Waals surface area contributed by atoms with Crippen LogP contribution in [0.25, 0.3) is 0 Å². The predicted molar refractivity (Wildman–Crippen MR) is 80.2 cm³/mol. The zero-order valence-electron chi connectivity index (χ0n) is 12.0. The normalized spacial score (nSPS) is 12.5. The van der Waals surface area contributed by atoms with E-state index in [0.29, 0.717) is 17.3 Å². The van der Waals surface area contributed by atoms with Gasteiger partial charge in [-0.15, -0.1) is 0 Å². The van der Waals surface area contributed by atoms with Crippen molar-refractivity contribution >= 4 is 23.2 Å². The molecular weight excluding hydrogens is 280 g/mol. The number of aliphatic hydroxyl groups is 1. The molecule has 0 heterocycles. The van der Waals surface area contributed by atoms with Gasteiger partial charge in [-0.3, -0.25) is 9.69 Å². The number of amides is 1. The molecule has 0 aliphatic rings. The van der Waals surface area contributed by atoms with Gasteiger partial charge in [-0.1, -0.05) is 17.7 Å². The number of hydrogen-bond donors (Lipinski definition) is 2. The summed E-state index contributed by atoms with van der Waals surface area (Å²) < 4.78 is 4.84. The number of likely N-dealkylation sites (N-methyl/N-ethyl adjacent to an activating group) is 1. The minimum Gasteiger partial charge on any atom is -0.389 e. The van der Waals surface area contributed by atoms with Crippen LogP contribution < -0.4 is 5.32 Å². The molecule has 0 radical (unpaired) electrons. The molecule has 20 heavy (non-hydrogen) atoms. The minimum atomic E-state index is -0.610. The third kappa shape index (κ3) is 5.88. The summed E-state index contributed by atoms with van der Waals surface area (Å²) in [7, 11) is 3.28. The number of hydrogen-bond acceptors (Lipinski definition) is 4. The number of carbonyl (C=O) groups is 1. The van der Waals surface area contributed by atoms with Crippen LogP contribution in [-0.4, -0.2) is 55.9 Å². The molecule has 1 aromatic carbocycles. The SMILES string of the molecule is COCC(O)CN(C)CC(=O)Nc1ccc(C)cc1Cl. The molecule has 0 aromatic heterocycles. The Morgan fingerprint density at radius 2 is 2.25 bits per heavy atom. The van der Waals surface area contributed by atoms with Gasteiger partial charge in [-0.2, -0.15) is 0 Å². The first-order valence-electron chi connectivity index (χ1n) is 6.34. The van der Waals surface area contributed by atoms with E-state index in [-0.39, 0.29) is 19.1 Å². The van der Waals surface area contributed by atoms with Gasteiger partial charge in [-0.25, -0.2) is 0 Å². The Hall–Kier alpha value is -1.14. The van der Waals surface area contributed by atoms with Gasteiger partial charge in [0, 0.05) is 13.7 Å². The van der Waals surface area contributed by atoms with E-state index in [9.17, 15) is 9.90 Å². The number of rotatable bonds is 7. The Bertz CT molecular complexity index is 454. The zero-order chi connectivity index (χ0) is 15.1. The van der Waals surface area contributed by atoms with Crippen molar-refractivity contribution in [2.45, 2.75) is 13.0 Å². The van der Waals surface area contributed by atoms with Gasteiger partial charge in [0.2, 0.25) is 5.91 Å². The summed E-state index contributed by atoms with van der Waals surface area (Å²) in [6.45, 7) is 2.71.